The van der Waals surface area contributed by atoms with Gasteiger partial charge in [-0.05, 0) is 48.4 Å². The molecule has 0 fully saturated rings. The summed E-state index contributed by atoms with van der Waals surface area (Å²) in [6.45, 7) is 2.37. The molecule has 0 unspecified atom stereocenters. The Morgan fingerprint density at radius 2 is 1.68 bits per heavy atom. The zero-order valence-corrected chi connectivity index (χ0v) is 22.7. The second-order valence-corrected chi connectivity index (χ2v) is 11.5. The number of aromatic nitrogens is 4. The molecular weight excluding hydrogens is 525 g/mol. The van der Waals surface area contributed by atoms with Crippen LogP contribution in [0.5, 0.6) is 0 Å². The predicted molar refractivity (Wildman–Crippen MR) is 156 cm³/mol. The minimum atomic E-state index is -3.41. The maximum Gasteiger partial charge on any atom is 0.229 e. The number of fused-ring (bicyclic) bond motifs is 1. The number of rotatable bonds is 7. The van der Waals surface area contributed by atoms with Crippen molar-refractivity contribution in [3.63, 3.8) is 0 Å². The van der Waals surface area contributed by atoms with Crippen LogP contribution in [-0.4, -0.2) is 34.0 Å². The number of aryl methyl sites for hydroxylation is 1. The molecule has 0 aliphatic heterocycles. The lowest BCUT2D eigenvalue weighted by Gasteiger charge is -2.09. The van der Waals surface area contributed by atoms with Gasteiger partial charge in [0.05, 0.1) is 19.0 Å². The Morgan fingerprint density at radius 1 is 0.875 bits per heavy atom. The number of sulfonamides is 1. The van der Waals surface area contributed by atoms with Crippen LogP contribution in [0, 0.1) is 12.7 Å². The van der Waals surface area contributed by atoms with Crippen molar-refractivity contribution in [1.82, 2.24) is 19.3 Å². The average Bonchev–Trinajstić information content (AvgIpc) is 3.54. The molecular formula is C31H26FN5O2S. The van der Waals surface area contributed by atoms with Crippen molar-refractivity contribution in [1.29, 1.82) is 0 Å². The summed E-state index contributed by atoms with van der Waals surface area (Å²) in [5.41, 5.74) is 7.40. The Hall–Kier alpha value is -4.76. The Labute approximate surface area is 231 Å². The molecule has 0 radical (unpaired) electrons. The normalized spacial score (nSPS) is 11.7. The van der Waals surface area contributed by atoms with Crippen molar-refractivity contribution in [2.24, 2.45) is 0 Å². The number of benzene rings is 3. The minimum absolute atomic E-state index is 0.267. The summed E-state index contributed by atoms with van der Waals surface area (Å²) < 4.78 is 44.1. The van der Waals surface area contributed by atoms with Crippen molar-refractivity contribution >= 4 is 26.7 Å². The van der Waals surface area contributed by atoms with Crippen LogP contribution in [0.15, 0.2) is 104 Å². The van der Waals surface area contributed by atoms with Gasteiger partial charge < -0.3 is 4.57 Å². The number of nitrogens with one attached hydrogen (secondary N) is 1. The molecule has 1 N–H and O–H groups in total. The Balaban J connectivity index is 1.48. The molecule has 9 heteroatoms. The highest BCUT2D eigenvalue weighted by atomic mass is 32.2. The number of halogens is 1. The molecule has 3 aromatic carbocycles. The smallest absolute Gasteiger partial charge is 0.229 e. The maximum absolute atomic E-state index is 14.3. The average molecular weight is 552 g/mol. The zero-order chi connectivity index (χ0) is 27.9. The van der Waals surface area contributed by atoms with Gasteiger partial charge in [-0.1, -0.05) is 48.5 Å². The van der Waals surface area contributed by atoms with Gasteiger partial charge in [0, 0.05) is 57.6 Å². The fraction of sp³-hybridized carbons (Fsp3) is 0.0968. The van der Waals surface area contributed by atoms with Crippen molar-refractivity contribution in [3.05, 3.63) is 121 Å². The van der Waals surface area contributed by atoms with Crippen molar-refractivity contribution in [2.45, 2.75) is 13.5 Å². The van der Waals surface area contributed by atoms with E-state index >= 15 is 0 Å². The van der Waals surface area contributed by atoms with E-state index in [4.69, 9.17) is 4.98 Å². The molecule has 3 aromatic heterocycles. The van der Waals surface area contributed by atoms with Gasteiger partial charge in [-0.25, -0.2) is 17.8 Å². The summed E-state index contributed by atoms with van der Waals surface area (Å²) >= 11 is 0. The first-order chi connectivity index (χ1) is 19.2. The first-order valence-corrected chi connectivity index (χ1v) is 14.6. The highest BCUT2D eigenvalue weighted by Crippen LogP contribution is 2.35. The van der Waals surface area contributed by atoms with Gasteiger partial charge in [-0.2, -0.15) is 5.10 Å². The fourth-order valence-corrected chi connectivity index (χ4v) is 5.43. The van der Waals surface area contributed by atoms with E-state index in [-0.39, 0.29) is 5.82 Å². The van der Waals surface area contributed by atoms with Crippen LogP contribution in [0.3, 0.4) is 0 Å². The van der Waals surface area contributed by atoms with Gasteiger partial charge in [-0.3, -0.25) is 9.40 Å². The molecule has 0 saturated carbocycles. The standard InChI is InChI=1S/C31H26FN5O2S/c1-21-8-3-6-13-30(21)37-20-28(25-17-34-36(19-25)18-23-9-4-5-12-29(23)32)27-15-24(16-33-31(27)37)22-10-7-11-26(14-22)35-40(2,38)39/h3-17,19-20,35H,18H2,1-2H3. The summed E-state index contributed by atoms with van der Waals surface area (Å²) in [4.78, 5) is 4.86. The van der Waals surface area contributed by atoms with Crippen LogP contribution in [-0.2, 0) is 16.6 Å². The van der Waals surface area contributed by atoms with E-state index in [0.717, 1.165) is 50.8 Å². The topological polar surface area (TPSA) is 81.8 Å². The lowest BCUT2D eigenvalue weighted by atomic mass is 10.0. The van der Waals surface area contributed by atoms with Gasteiger partial charge >= 0.3 is 0 Å². The van der Waals surface area contributed by atoms with Crippen molar-refractivity contribution < 1.29 is 12.8 Å². The molecule has 7 nitrogen and oxygen atoms in total. The molecule has 0 spiro atoms. The quantitative estimate of drug-likeness (QED) is 0.248. The molecule has 0 saturated heterocycles. The lowest BCUT2D eigenvalue weighted by Crippen LogP contribution is -2.09. The molecule has 0 aliphatic carbocycles. The Bertz CT molecular complexity index is 1980. The number of hydrogen-bond donors (Lipinski definition) is 1. The molecule has 0 bridgehead atoms. The monoisotopic (exact) mass is 551 g/mol. The number of para-hydroxylation sites is 1. The van der Waals surface area contributed by atoms with Crippen LogP contribution >= 0.6 is 0 Å². The third kappa shape index (κ3) is 5.11. The van der Waals surface area contributed by atoms with E-state index in [2.05, 4.69) is 45.7 Å². The Morgan fingerprint density at radius 3 is 2.48 bits per heavy atom. The molecule has 0 amide bonds. The number of nitrogens with zero attached hydrogens (tertiary/aromatic N) is 4. The van der Waals surface area contributed by atoms with Gasteiger partial charge in [0.1, 0.15) is 11.5 Å². The predicted octanol–water partition coefficient (Wildman–Crippen LogP) is 6.42. The Kier molecular flexibility index (Phi) is 6.43. The highest BCUT2D eigenvalue weighted by molar-refractivity contribution is 7.92. The minimum Gasteiger partial charge on any atom is -0.300 e. The summed E-state index contributed by atoms with van der Waals surface area (Å²) in [6, 6.07) is 24.1. The SMILES string of the molecule is Cc1ccccc1-n1cc(-c2cnn(Cc3ccccc3F)c2)c2cc(-c3cccc(NS(C)(=O)=O)c3)cnc21. The molecule has 3 heterocycles. The lowest BCUT2D eigenvalue weighted by molar-refractivity contribution is 0.585. The van der Waals surface area contributed by atoms with E-state index in [1.54, 1.807) is 47.4 Å². The van der Waals surface area contributed by atoms with Crippen LogP contribution in [0.25, 0.3) is 39.0 Å². The van der Waals surface area contributed by atoms with Crippen LogP contribution in [0.4, 0.5) is 10.1 Å². The molecule has 0 aliphatic rings. The molecule has 40 heavy (non-hydrogen) atoms. The molecule has 0 atom stereocenters. The second kappa shape index (κ2) is 10.1. The third-order valence-electron chi connectivity index (χ3n) is 6.75. The van der Waals surface area contributed by atoms with E-state index in [9.17, 15) is 12.8 Å². The number of anilines is 1. The third-order valence-corrected chi connectivity index (χ3v) is 7.36. The number of hydrogen-bond acceptors (Lipinski definition) is 4. The molecule has 6 rings (SSSR count). The van der Waals surface area contributed by atoms with Crippen LogP contribution in [0.1, 0.15) is 11.1 Å². The summed E-state index contributed by atoms with van der Waals surface area (Å²) in [5.74, 6) is -0.267. The number of pyridine rings is 1. The molecule has 6 aromatic rings. The van der Waals surface area contributed by atoms with Crippen LogP contribution < -0.4 is 4.72 Å². The van der Waals surface area contributed by atoms with E-state index in [1.807, 2.05) is 30.5 Å². The molecule has 200 valence electrons. The van der Waals surface area contributed by atoms with Gasteiger partial charge in [-0.15, -0.1) is 0 Å². The zero-order valence-electron chi connectivity index (χ0n) is 21.9. The van der Waals surface area contributed by atoms with Crippen molar-refractivity contribution in [3.8, 4) is 27.9 Å². The first-order valence-electron chi connectivity index (χ1n) is 12.7. The van der Waals surface area contributed by atoms with E-state index in [0.29, 0.717) is 17.8 Å². The largest absolute Gasteiger partial charge is 0.300 e. The van der Waals surface area contributed by atoms with Gasteiger partial charge in [0.15, 0.2) is 0 Å². The highest BCUT2D eigenvalue weighted by Gasteiger charge is 2.17. The summed E-state index contributed by atoms with van der Waals surface area (Å²) in [6.07, 6.45) is 8.66. The second-order valence-electron chi connectivity index (χ2n) is 9.77. The summed E-state index contributed by atoms with van der Waals surface area (Å²) in [5, 5.41) is 5.43. The van der Waals surface area contributed by atoms with E-state index < -0.39 is 10.0 Å². The van der Waals surface area contributed by atoms with Gasteiger partial charge in [0.2, 0.25) is 10.0 Å². The van der Waals surface area contributed by atoms with E-state index in [1.165, 1.54) is 6.07 Å². The first kappa shape index (κ1) is 25.5. The van der Waals surface area contributed by atoms with Gasteiger partial charge in [0.25, 0.3) is 0 Å². The summed E-state index contributed by atoms with van der Waals surface area (Å²) in [7, 11) is -3.41. The van der Waals surface area contributed by atoms with Crippen LogP contribution in [0.2, 0.25) is 0 Å². The fourth-order valence-electron chi connectivity index (χ4n) is 4.88. The maximum atomic E-state index is 14.3. The van der Waals surface area contributed by atoms with Crippen molar-refractivity contribution in [2.75, 3.05) is 11.0 Å².